The second-order valence-corrected chi connectivity index (χ2v) is 5.24. The maximum absolute atomic E-state index is 12.4. The summed E-state index contributed by atoms with van der Waals surface area (Å²) in [5, 5.41) is 6.86. The molecule has 1 aliphatic heterocycles. The van der Waals surface area contributed by atoms with Crippen LogP contribution in [0.3, 0.4) is 0 Å². The van der Waals surface area contributed by atoms with Crippen molar-refractivity contribution >= 4 is 5.91 Å². The number of hydrogen-bond donors (Lipinski definition) is 1. The van der Waals surface area contributed by atoms with E-state index in [4.69, 9.17) is 4.74 Å². The molecule has 1 aromatic heterocycles. The summed E-state index contributed by atoms with van der Waals surface area (Å²) in [4.78, 5) is 18.4. The number of hydrogen-bond acceptors (Lipinski definition) is 4. The Morgan fingerprint density at radius 1 is 1.45 bits per heavy atom. The van der Waals surface area contributed by atoms with Gasteiger partial charge in [-0.25, -0.2) is 4.98 Å². The predicted octanol–water partition coefficient (Wildman–Crippen LogP) is 1.79. The Hall–Kier alpha value is -1.43. The molecule has 0 saturated carbocycles. The number of nitrogens with zero attached hydrogens (tertiary/aromatic N) is 3. The lowest BCUT2D eigenvalue weighted by Crippen LogP contribution is -2.43. The van der Waals surface area contributed by atoms with Crippen molar-refractivity contribution in [1.82, 2.24) is 20.1 Å². The summed E-state index contributed by atoms with van der Waals surface area (Å²) in [6, 6.07) is 0. The van der Waals surface area contributed by atoms with Gasteiger partial charge in [0.2, 0.25) is 5.82 Å². The largest absolute Gasteiger partial charge is 0.376 e. The second-order valence-electron chi connectivity index (χ2n) is 5.24. The standard InChI is InChI=1S/C14H24N4O2/c1-3-6-12-15-13(17-16-12)14(19)18-8-5-7-11(10-18)20-9-4-2/h11H,3-10H2,1-2H3,(H,15,16,17). The first-order chi connectivity index (χ1) is 9.74. The van der Waals surface area contributed by atoms with E-state index in [0.717, 1.165) is 51.1 Å². The molecule has 1 N–H and O–H groups in total. The Kier molecular flexibility index (Phi) is 5.52. The van der Waals surface area contributed by atoms with Crippen LogP contribution >= 0.6 is 0 Å². The molecule has 0 aromatic carbocycles. The van der Waals surface area contributed by atoms with E-state index in [0.29, 0.717) is 6.54 Å². The van der Waals surface area contributed by atoms with Crippen LogP contribution in [0, 0.1) is 0 Å². The first-order valence-electron chi connectivity index (χ1n) is 7.56. The Morgan fingerprint density at radius 3 is 3.05 bits per heavy atom. The lowest BCUT2D eigenvalue weighted by atomic mass is 10.1. The van der Waals surface area contributed by atoms with E-state index in [2.05, 4.69) is 29.0 Å². The number of carbonyl (C=O) groups is 1. The Balaban J connectivity index is 1.93. The number of aromatic amines is 1. The number of aromatic nitrogens is 3. The van der Waals surface area contributed by atoms with Crippen molar-refractivity contribution in [2.24, 2.45) is 0 Å². The molecule has 0 spiro atoms. The fourth-order valence-electron chi connectivity index (χ4n) is 2.42. The summed E-state index contributed by atoms with van der Waals surface area (Å²) >= 11 is 0. The van der Waals surface area contributed by atoms with Gasteiger partial charge in [-0.1, -0.05) is 13.8 Å². The van der Waals surface area contributed by atoms with Crippen LogP contribution in [-0.2, 0) is 11.2 Å². The number of rotatable bonds is 6. The third-order valence-electron chi connectivity index (χ3n) is 3.43. The molecule has 1 fully saturated rings. The van der Waals surface area contributed by atoms with Crippen molar-refractivity contribution in [1.29, 1.82) is 0 Å². The summed E-state index contributed by atoms with van der Waals surface area (Å²) in [6.45, 7) is 6.34. The predicted molar refractivity (Wildman–Crippen MR) is 75.5 cm³/mol. The number of carbonyl (C=O) groups excluding carboxylic acids is 1. The molecule has 6 heteroatoms. The third-order valence-corrected chi connectivity index (χ3v) is 3.43. The molecule has 1 aromatic rings. The van der Waals surface area contributed by atoms with E-state index < -0.39 is 0 Å². The van der Waals surface area contributed by atoms with Crippen LogP contribution in [-0.4, -0.2) is 51.8 Å². The van der Waals surface area contributed by atoms with Crippen molar-refractivity contribution in [3.05, 3.63) is 11.6 Å². The fraction of sp³-hybridized carbons (Fsp3) is 0.786. The first-order valence-corrected chi connectivity index (χ1v) is 7.56. The molecule has 112 valence electrons. The SMILES string of the molecule is CCCOC1CCCN(C(=O)c2n[nH]c(CCC)n2)C1. The molecule has 20 heavy (non-hydrogen) atoms. The van der Waals surface area contributed by atoms with Crippen molar-refractivity contribution in [2.45, 2.75) is 52.1 Å². The molecule has 2 heterocycles. The number of aryl methyl sites for hydroxylation is 1. The number of H-pyrrole nitrogens is 1. The lowest BCUT2D eigenvalue weighted by Gasteiger charge is -2.31. The van der Waals surface area contributed by atoms with Gasteiger partial charge in [0.1, 0.15) is 5.82 Å². The molecule has 1 atom stereocenters. The van der Waals surface area contributed by atoms with E-state index >= 15 is 0 Å². The highest BCUT2D eigenvalue weighted by atomic mass is 16.5. The van der Waals surface area contributed by atoms with Crippen LogP contribution < -0.4 is 0 Å². The fourth-order valence-corrected chi connectivity index (χ4v) is 2.42. The number of piperidine rings is 1. The Labute approximate surface area is 119 Å². The number of nitrogens with one attached hydrogen (secondary N) is 1. The highest BCUT2D eigenvalue weighted by Gasteiger charge is 2.27. The van der Waals surface area contributed by atoms with E-state index in [1.54, 1.807) is 0 Å². The van der Waals surface area contributed by atoms with Gasteiger partial charge < -0.3 is 9.64 Å². The van der Waals surface area contributed by atoms with Gasteiger partial charge in [0, 0.05) is 26.1 Å². The highest BCUT2D eigenvalue weighted by molar-refractivity contribution is 5.90. The summed E-state index contributed by atoms with van der Waals surface area (Å²) < 4.78 is 5.75. The molecule has 2 rings (SSSR count). The molecular weight excluding hydrogens is 256 g/mol. The molecule has 6 nitrogen and oxygen atoms in total. The van der Waals surface area contributed by atoms with E-state index in [1.165, 1.54) is 0 Å². The normalized spacial score (nSPS) is 19.3. The van der Waals surface area contributed by atoms with Gasteiger partial charge in [-0.15, -0.1) is 5.10 Å². The van der Waals surface area contributed by atoms with Crippen molar-refractivity contribution < 1.29 is 9.53 Å². The number of ether oxygens (including phenoxy) is 1. The monoisotopic (exact) mass is 280 g/mol. The van der Waals surface area contributed by atoms with Crippen LogP contribution in [0.25, 0.3) is 0 Å². The van der Waals surface area contributed by atoms with Crippen LogP contribution in [0.4, 0.5) is 0 Å². The highest BCUT2D eigenvalue weighted by Crippen LogP contribution is 2.15. The lowest BCUT2D eigenvalue weighted by molar-refractivity contribution is 0.00173. The van der Waals surface area contributed by atoms with E-state index in [-0.39, 0.29) is 17.8 Å². The van der Waals surface area contributed by atoms with Crippen molar-refractivity contribution in [3.8, 4) is 0 Å². The molecule has 0 aliphatic carbocycles. The summed E-state index contributed by atoms with van der Waals surface area (Å²) in [5.74, 6) is 0.977. The van der Waals surface area contributed by atoms with Crippen LogP contribution in [0.1, 0.15) is 56.0 Å². The van der Waals surface area contributed by atoms with Gasteiger partial charge in [-0.3, -0.25) is 9.89 Å². The summed E-state index contributed by atoms with van der Waals surface area (Å²) in [6.07, 6.45) is 4.97. The third kappa shape index (κ3) is 3.79. The van der Waals surface area contributed by atoms with Crippen LogP contribution in [0.15, 0.2) is 0 Å². The average Bonchev–Trinajstić information content (AvgIpc) is 2.93. The Morgan fingerprint density at radius 2 is 2.30 bits per heavy atom. The zero-order chi connectivity index (χ0) is 14.4. The first kappa shape index (κ1) is 15.0. The summed E-state index contributed by atoms with van der Waals surface area (Å²) in [5.41, 5.74) is 0. The molecule has 0 radical (unpaired) electrons. The molecular formula is C14H24N4O2. The van der Waals surface area contributed by atoms with Crippen LogP contribution in [0.5, 0.6) is 0 Å². The van der Waals surface area contributed by atoms with Crippen molar-refractivity contribution in [2.75, 3.05) is 19.7 Å². The van der Waals surface area contributed by atoms with Crippen molar-refractivity contribution in [3.63, 3.8) is 0 Å². The molecule has 1 saturated heterocycles. The minimum absolute atomic E-state index is 0.0894. The van der Waals surface area contributed by atoms with Gasteiger partial charge in [0.25, 0.3) is 5.91 Å². The number of likely N-dealkylation sites (tertiary alicyclic amines) is 1. The minimum Gasteiger partial charge on any atom is -0.376 e. The zero-order valence-corrected chi connectivity index (χ0v) is 12.4. The topological polar surface area (TPSA) is 71.1 Å². The van der Waals surface area contributed by atoms with Gasteiger partial charge in [0.05, 0.1) is 6.10 Å². The number of amides is 1. The molecule has 1 amide bonds. The second kappa shape index (κ2) is 7.38. The average molecular weight is 280 g/mol. The smallest absolute Gasteiger partial charge is 0.293 e. The summed E-state index contributed by atoms with van der Waals surface area (Å²) in [7, 11) is 0. The van der Waals surface area contributed by atoms with Crippen LogP contribution in [0.2, 0.25) is 0 Å². The van der Waals surface area contributed by atoms with Gasteiger partial charge in [0.15, 0.2) is 0 Å². The van der Waals surface area contributed by atoms with E-state index in [9.17, 15) is 4.79 Å². The Bertz CT molecular complexity index is 433. The zero-order valence-electron chi connectivity index (χ0n) is 12.4. The quantitative estimate of drug-likeness (QED) is 0.862. The van der Waals surface area contributed by atoms with Gasteiger partial charge >= 0.3 is 0 Å². The molecule has 1 unspecified atom stereocenters. The van der Waals surface area contributed by atoms with Gasteiger partial charge in [-0.2, -0.15) is 0 Å². The molecule has 1 aliphatic rings. The van der Waals surface area contributed by atoms with E-state index in [1.807, 2.05) is 4.90 Å². The van der Waals surface area contributed by atoms with Gasteiger partial charge in [-0.05, 0) is 25.7 Å². The maximum atomic E-state index is 12.4. The minimum atomic E-state index is -0.0894. The maximum Gasteiger partial charge on any atom is 0.293 e. The molecule has 0 bridgehead atoms.